The van der Waals surface area contributed by atoms with Gasteiger partial charge in [-0.1, -0.05) is 23.4 Å². The van der Waals surface area contributed by atoms with Gasteiger partial charge in [-0.25, -0.2) is 4.79 Å². The lowest BCUT2D eigenvalue weighted by atomic mass is 10.1. The van der Waals surface area contributed by atoms with Crippen molar-refractivity contribution in [2.75, 3.05) is 6.54 Å². The Morgan fingerprint density at radius 2 is 2.19 bits per heavy atom. The molecule has 3 aromatic rings. The fraction of sp³-hybridized carbons (Fsp3) is 0.214. The lowest BCUT2D eigenvalue weighted by molar-refractivity contribution is 0.0696. The maximum atomic E-state index is 11.4. The number of benzene rings is 1. The monoisotopic (exact) mass is 287 g/mol. The molecule has 2 N–H and O–H groups in total. The van der Waals surface area contributed by atoms with E-state index in [4.69, 9.17) is 4.42 Å². The van der Waals surface area contributed by atoms with Gasteiger partial charge in [0.2, 0.25) is 6.39 Å². The molecule has 0 fully saturated rings. The lowest BCUT2D eigenvalue weighted by Gasteiger charge is -2.01. The Morgan fingerprint density at radius 1 is 1.33 bits per heavy atom. The number of rotatable bonds is 6. The van der Waals surface area contributed by atoms with Crippen LogP contribution in [0.1, 0.15) is 21.9 Å². The number of para-hydroxylation sites is 1. The molecule has 7 heteroatoms. The number of nitrogens with one attached hydrogen (secondary N) is 1. The number of aromatic nitrogens is 2. The van der Waals surface area contributed by atoms with Crippen LogP contribution in [0, 0.1) is 0 Å². The topological polar surface area (TPSA) is 101 Å². The van der Waals surface area contributed by atoms with Crippen LogP contribution in [0.15, 0.2) is 39.6 Å². The molecule has 0 bridgehead atoms. The number of aromatic carboxylic acids is 1. The molecule has 2 heterocycles. The van der Waals surface area contributed by atoms with Gasteiger partial charge in [-0.2, -0.15) is 4.98 Å². The summed E-state index contributed by atoms with van der Waals surface area (Å²) in [5.74, 6) is 0.0253. The van der Waals surface area contributed by atoms with Crippen LogP contribution in [-0.4, -0.2) is 27.8 Å². The summed E-state index contributed by atoms with van der Waals surface area (Å²) in [6.45, 7) is 0.920. The summed E-state index contributed by atoms with van der Waals surface area (Å²) in [5.41, 5.74) is 0.780. The molecule has 1 aromatic carbocycles. The minimum Gasteiger partial charge on any atom is -0.478 e. The molecule has 0 saturated carbocycles. The van der Waals surface area contributed by atoms with Gasteiger partial charge in [0.15, 0.2) is 5.82 Å². The number of carboxylic acids is 1. The molecule has 0 saturated heterocycles. The number of fused-ring (bicyclic) bond motifs is 1. The van der Waals surface area contributed by atoms with Crippen molar-refractivity contribution in [1.29, 1.82) is 0 Å². The number of nitrogens with zero attached hydrogens (tertiary/aromatic N) is 2. The molecule has 7 nitrogen and oxygen atoms in total. The molecule has 0 aliphatic rings. The van der Waals surface area contributed by atoms with Crippen LogP contribution in [0.25, 0.3) is 11.0 Å². The van der Waals surface area contributed by atoms with Crippen LogP contribution in [0.5, 0.6) is 0 Å². The van der Waals surface area contributed by atoms with Crippen LogP contribution >= 0.6 is 0 Å². The molecule has 108 valence electrons. The predicted molar refractivity (Wildman–Crippen MR) is 72.9 cm³/mol. The average molecular weight is 287 g/mol. The Labute approximate surface area is 119 Å². The molecule has 0 amide bonds. The fourth-order valence-electron chi connectivity index (χ4n) is 2.16. The van der Waals surface area contributed by atoms with E-state index < -0.39 is 5.97 Å². The maximum Gasteiger partial charge on any atom is 0.339 e. The maximum absolute atomic E-state index is 11.4. The molecule has 0 radical (unpaired) electrons. The van der Waals surface area contributed by atoms with E-state index in [0.717, 1.165) is 0 Å². The van der Waals surface area contributed by atoms with Crippen molar-refractivity contribution in [1.82, 2.24) is 15.5 Å². The van der Waals surface area contributed by atoms with Gasteiger partial charge in [0.1, 0.15) is 16.9 Å². The molecule has 0 unspecified atom stereocenters. The van der Waals surface area contributed by atoms with Crippen molar-refractivity contribution >= 4 is 16.9 Å². The summed E-state index contributed by atoms with van der Waals surface area (Å²) < 4.78 is 10.2. The van der Waals surface area contributed by atoms with Gasteiger partial charge in [0.25, 0.3) is 0 Å². The first-order valence-electron chi connectivity index (χ1n) is 6.45. The van der Waals surface area contributed by atoms with E-state index in [-0.39, 0.29) is 5.56 Å². The third kappa shape index (κ3) is 2.77. The highest BCUT2D eigenvalue weighted by atomic mass is 16.5. The summed E-state index contributed by atoms with van der Waals surface area (Å²) in [6.07, 6.45) is 1.87. The van der Waals surface area contributed by atoms with E-state index >= 15 is 0 Å². The van der Waals surface area contributed by atoms with E-state index in [0.29, 0.717) is 42.1 Å². The van der Waals surface area contributed by atoms with Gasteiger partial charge in [0, 0.05) is 18.4 Å². The van der Waals surface area contributed by atoms with E-state index in [2.05, 4.69) is 20.0 Å². The standard InChI is InChI=1S/C14H13N3O4/c18-14(19)13-9-3-1-2-4-10(9)21-11(13)7-15-6-5-12-16-8-20-17-12/h1-4,8,15H,5-7H2,(H,18,19). The molecule has 0 atom stereocenters. The molecule has 21 heavy (non-hydrogen) atoms. The Hall–Kier alpha value is -2.67. The van der Waals surface area contributed by atoms with Crippen molar-refractivity contribution < 1.29 is 18.8 Å². The van der Waals surface area contributed by atoms with Crippen LogP contribution in [0.2, 0.25) is 0 Å². The van der Waals surface area contributed by atoms with Crippen molar-refractivity contribution in [3.63, 3.8) is 0 Å². The molecule has 3 rings (SSSR count). The Balaban J connectivity index is 1.71. The molecule has 2 aromatic heterocycles. The zero-order valence-corrected chi connectivity index (χ0v) is 11.1. The number of carbonyl (C=O) groups is 1. The van der Waals surface area contributed by atoms with Crippen LogP contribution in [-0.2, 0) is 13.0 Å². The first kappa shape index (κ1) is 13.3. The van der Waals surface area contributed by atoms with Gasteiger partial charge < -0.3 is 19.4 Å². The molecular formula is C14H13N3O4. The second kappa shape index (κ2) is 5.76. The quantitative estimate of drug-likeness (QED) is 0.667. The van der Waals surface area contributed by atoms with E-state index in [9.17, 15) is 9.90 Å². The van der Waals surface area contributed by atoms with E-state index in [1.54, 1.807) is 18.2 Å². The minimum atomic E-state index is -0.991. The highest BCUT2D eigenvalue weighted by molar-refractivity contribution is 6.03. The highest BCUT2D eigenvalue weighted by Gasteiger charge is 2.19. The minimum absolute atomic E-state index is 0.206. The molecule has 0 aliphatic carbocycles. The average Bonchev–Trinajstić information content (AvgIpc) is 3.10. The zero-order chi connectivity index (χ0) is 14.7. The largest absolute Gasteiger partial charge is 0.478 e. The summed E-state index contributed by atoms with van der Waals surface area (Å²) in [4.78, 5) is 15.3. The smallest absolute Gasteiger partial charge is 0.339 e. The van der Waals surface area contributed by atoms with Gasteiger partial charge in [0.05, 0.1) is 6.54 Å². The van der Waals surface area contributed by atoms with Crippen molar-refractivity contribution in [2.24, 2.45) is 0 Å². The van der Waals surface area contributed by atoms with Crippen molar-refractivity contribution in [3.05, 3.63) is 47.8 Å². The summed E-state index contributed by atoms with van der Waals surface area (Å²) in [5, 5.41) is 16.8. The predicted octanol–water partition coefficient (Wildman–Crippen LogP) is 1.85. The van der Waals surface area contributed by atoms with Gasteiger partial charge in [-0.3, -0.25) is 0 Å². The number of hydrogen-bond donors (Lipinski definition) is 2. The van der Waals surface area contributed by atoms with Crippen LogP contribution in [0.4, 0.5) is 0 Å². The summed E-state index contributed by atoms with van der Waals surface area (Å²) >= 11 is 0. The van der Waals surface area contributed by atoms with Crippen molar-refractivity contribution in [3.8, 4) is 0 Å². The number of furan rings is 1. The Kier molecular flexibility index (Phi) is 3.65. The molecule has 0 aliphatic heterocycles. The second-order valence-corrected chi connectivity index (χ2v) is 4.48. The summed E-state index contributed by atoms with van der Waals surface area (Å²) in [6, 6.07) is 7.10. The van der Waals surface area contributed by atoms with Crippen molar-refractivity contribution in [2.45, 2.75) is 13.0 Å². The third-order valence-corrected chi connectivity index (χ3v) is 3.10. The van der Waals surface area contributed by atoms with Gasteiger partial charge >= 0.3 is 5.97 Å². The van der Waals surface area contributed by atoms with Gasteiger partial charge in [-0.05, 0) is 6.07 Å². The van der Waals surface area contributed by atoms with Crippen LogP contribution < -0.4 is 5.32 Å². The zero-order valence-electron chi connectivity index (χ0n) is 11.1. The molecular weight excluding hydrogens is 274 g/mol. The SMILES string of the molecule is O=C(O)c1c(CNCCc2ncon2)oc2ccccc12. The van der Waals surface area contributed by atoms with Gasteiger partial charge in [-0.15, -0.1) is 0 Å². The summed E-state index contributed by atoms with van der Waals surface area (Å²) in [7, 11) is 0. The molecule has 0 spiro atoms. The number of hydrogen-bond acceptors (Lipinski definition) is 6. The highest BCUT2D eigenvalue weighted by Crippen LogP contribution is 2.25. The first-order chi connectivity index (χ1) is 10.3. The third-order valence-electron chi connectivity index (χ3n) is 3.10. The Bertz CT molecular complexity index is 749. The van der Waals surface area contributed by atoms with E-state index in [1.807, 2.05) is 6.07 Å². The lowest BCUT2D eigenvalue weighted by Crippen LogP contribution is -2.18. The van der Waals surface area contributed by atoms with E-state index in [1.165, 1.54) is 6.39 Å². The number of carboxylic acid groups (broad SMARTS) is 1. The first-order valence-corrected chi connectivity index (χ1v) is 6.45. The fourth-order valence-corrected chi connectivity index (χ4v) is 2.16. The Morgan fingerprint density at radius 3 is 2.95 bits per heavy atom. The van der Waals surface area contributed by atoms with Crippen LogP contribution in [0.3, 0.4) is 0 Å². The normalized spacial score (nSPS) is 11.0. The second-order valence-electron chi connectivity index (χ2n) is 4.48.